The molecule has 164 valence electrons. The molecular weight excluding hydrogens is 517 g/mol. The molecule has 2 aromatic carbocycles. The summed E-state index contributed by atoms with van der Waals surface area (Å²) in [6.07, 6.45) is 1.47. The van der Waals surface area contributed by atoms with Gasteiger partial charge in [-0.1, -0.05) is 25.1 Å². The Labute approximate surface area is 195 Å². The fourth-order valence-electron chi connectivity index (χ4n) is 2.98. The summed E-state index contributed by atoms with van der Waals surface area (Å²) in [4.78, 5) is 4.56. The molecule has 30 heavy (non-hydrogen) atoms. The van der Waals surface area contributed by atoms with Crippen LogP contribution in [0.2, 0.25) is 0 Å². The van der Waals surface area contributed by atoms with E-state index in [1.54, 1.807) is 37.4 Å². The van der Waals surface area contributed by atoms with Gasteiger partial charge < -0.3 is 20.1 Å². The molecule has 2 N–H and O–H groups in total. The number of halogens is 1. The summed E-state index contributed by atoms with van der Waals surface area (Å²) >= 11 is 0. The maximum atomic E-state index is 12.7. The molecule has 0 saturated heterocycles. The fourth-order valence-corrected chi connectivity index (χ4v) is 4.59. The predicted octanol–water partition coefficient (Wildman–Crippen LogP) is 3.71. The van der Waals surface area contributed by atoms with E-state index >= 15 is 0 Å². The highest BCUT2D eigenvalue weighted by molar-refractivity contribution is 14.0. The van der Waals surface area contributed by atoms with E-state index in [0.29, 0.717) is 36.2 Å². The highest BCUT2D eigenvalue weighted by Crippen LogP contribution is 2.32. The lowest BCUT2D eigenvalue weighted by atomic mass is 10.2. The molecular formula is C21H28IN3O4S. The molecule has 0 radical (unpaired) electrons. The van der Waals surface area contributed by atoms with Gasteiger partial charge in [0.1, 0.15) is 0 Å². The Morgan fingerprint density at radius 2 is 1.80 bits per heavy atom. The van der Waals surface area contributed by atoms with E-state index in [4.69, 9.17) is 9.47 Å². The molecule has 1 atom stereocenters. The number of benzene rings is 2. The van der Waals surface area contributed by atoms with Gasteiger partial charge in [0.2, 0.25) is 0 Å². The molecule has 0 aliphatic carbocycles. The summed E-state index contributed by atoms with van der Waals surface area (Å²) in [5.41, 5.74) is 0.781. The largest absolute Gasteiger partial charge is 0.490 e. The molecule has 0 aromatic heterocycles. The van der Waals surface area contributed by atoms with Crippen molar-refractivity contribution in [2.45, 2.75) is 30.7 Å². The van der Waals surface area contributed by atoms with Crippen molar-refractivity contribution < 1.29 is 17.9 Å². The molecule has 9 heteroatoms. The molecule has 0 amide bonds. The van der Waals surface area contributed by atoms with Crippen LogP contribution in [0.4, 0.5) is 5.69 Å². The highest BCUT2D eigenvalue weighted by atomic mass is 127. The fraction of sp³-hybridized carbons (Fsp3) is 0.381. The van der Waals surface area contributed by atoms with Gasteiger partial charge in [0.25, 0.3) is 0 Å². The first-order chi connectivity index (χ1) is 14.0. The Kier molecular flexibility index (Phi) is 9.22. The molecule has 1 aliphatic rings. The van der Waals surface area contributed by atoms with E-state index in [1.807, 2.05) is 25.1 Å². The normalized spacial score (nSPS) is 14.8. The van der Waals surface area contributed by atoms with Crippen molar-refractivity contribution in [3.63, 3.8) is 0 Å². The molecule has 7 nitrogen and oxygen atoms in total. The molecule has 0 saturated carbocycles. The maximum absolute atomic E-state index is 12.7. The van der Waals surface area contributed by atoms with Gasteiger partial charge in [-0.25, -0.2) is 8.42 Å². The first-order valence-electron chi connectivity index (χ1n) is 9.69. The van der Waals surface area contributed by atoms with Crippen LogP contribution in [0, 0.1) is 0 Å². The van der Waals surface area contributed by atoms with Crippen molar-refractivity contribution in [3.05, 3.63) is 48.5 Å². The minimum absolute atomic E-state index is 0. The third-order valence-electron chi connectivity index (χ3n) is 4.59. The zero-order chi connectivity index (χ0) is 20.7. The summed E-state index contributed by atoms with van der Waals surface area (Å²) in [6, 6.07) is 13.8. The minimum Gasteiger partial charge on any atom is -0.490 e. The standard InChI is InChI=1S/C21H27N3O4S.HI/c1-3-16(15-29(25,26)18-8-5-4-6-9-18)23-21(22-2)24-17-10-11-19-20(14-17)28-13-7-12-27-19;/h4-6,8-11,14,16H,3,7,12-13,15H2,1-2H3,(H2,22,23,24);1H. The van der Waals surface area contributed by atoms with Crippen molar-refractivity contribution in [2.24, 2.45) is 4.99 Å². The number of nitrogens with zero attached hydrogens (tertiary/aromatic N) is 1. The monoisotopic (exact) mass is 545 g/mol. The average molecular weight is 545 g/mol. The van der Waals surface area contributed by atoms with Crippen LogP contribution in [0.3, 0.4) is 0 Å². The van der Waals surface area contributed by atoms with Crippen LogP contribution >= 0.6 is 24.0 Å². The number of nitrogens with one attached hydrogen (secondary N) is 2. The quantitative estimate of drug-likeness (QED) is 0.327. The number of hydrogen-bond acceptors (Lipinski definition) is 5. The highest BCUT2D eigenvalue weighted by Gasteiger charge is 2.21. The van der Waals surface area contributed by atoms with E-state index in [1.165, 1.54) is 0 Å². The molecule has 1 aliphatic heterocycles. The van der Waals surface area contributed by atoms with E-state index in [0.717, 1.165) is 17.9 Å². The van der Waals surface area contributed by atoms with Crippen LogP contribution < -0.4 is 20.1 Å². The topological polar surface area (TPSA) is 89.0 Å². The van der Waals surface area contributed by atoms with E-state index in [2.05, 4.69) is 15.6 Å². The van der Waals surface area contributed by atoms with Crippen LogP contribution in [0.5, 0.6) is 11.5 Å². The Morgan fingerprint density at radius 3 is 2.47 bits per heavy atom. The smallest absolute Gasteiger partial charge is 0.195 e. The summed E-state index contributed by atoms with van der Waals surface area (Å²) in [5.74, 6) is 1.88. The summed E-state index contributed by atoms with van der Waals surface area (Å²) < 4.78 is 36.7. The Balaban J connectivity index is 0.00000320. The third-order valence-corrected chi connectivity index (χ3v) is 6.42. The Bertz CT molecular complexity index is 952. The third kappa shape index (κ3) is 6.49. The van der Waals surface area contributed by atoms with Gasteiger partial charge in [0, 0.05) is 31.3 Å². The van der Waals surface area contributed by atoms with E-state index < -0.39 is 9.84 Å². The van der Waals surface area contributed by atoms with Gasteiger partial charge in [-0.2, -0.15) is 0 Å². The number of ether oxygens (including phenoxy) is 2. The zero-order valence-corrected chi connectivity index (χ0v) is 20.3. The summed E-state index contributed by atoms with van der Waals surface area (Å²) in [6.45, 7) is 3.19. The summed E-state index contributed by atoms with van der Waals surface area (Å²) in [7, 11) is -1.75. The lowest BCUT2D eigenvalue weighted by Crippen LogP contribution is -2.42. The Morgan fingerprint density at radius 1 is 1.10 bits per heavy atom. The van der Waals surface area contributed by atoms with Crippen LogP contribution in [-0.4, -0.2) is 46.4 Å². The van der Waals surface area contributed by atoms with Crippen LogP contribution in [-0.2, 0) is 9.84 Å². The lowest BCUT2D eigenvalue weighted by molar-refractivity contribution is 0.297. The van der Waals surface area contributed by atoms with Crippen LogP contribution in [0.25, 0.3) is 0 Å². The van der Waals surface area contributed by atoms with Gasteiger partial charge in [-0.3, -0.25) is 4.99 Å². The number of hydrogen-bond donors (Lipinski definition) is 2. The van der Waals surface area contributed by atoms with E-state index in [9.17, 15) is 8.42 Å². The number of fused-ring (bicyclic) bond motifs is 1. The van der Waals surface area contributed by atoms with Crippen molar-refractivity contribution in [3.8, 4) is 11.5 Å². The SMILES string of the molecule is CCC(CS(=O)(=O)c1ccccc1)NC(=NC)Nc1ccc2c(c1)OCCCO2.I. The van der Waals surface area contributed by atoms with Gasteiger partial charge >= 0.3 is 0 Å². The van der Waals surface area contributed by atoms with Crippen LogP contribution in [0.1, 0.15) is 19.8 Å². The lowest BCUT2D eigenvalue weighted by Gasteiger charge is -2.21. The van der Waals surface area contributed by atoms with Crippen LogP contribution in [0.15, 0.2) is 58.4 Å². The molecule has 3 rings (SSSR count). The maximum Gasteiger partial charge on any atom is 0.195 e. The summed E-state index contributed by atoms with van der Waals surface area (Å²) in [5, 5.41) is 6.41. The molecule has 0 fully saturated rings. The zero-order valence-electron chi connectivity index (χ0n) is 17.1. The first kappa shape index (κ1) is 24.3. The van der Waals surface area contributed by atoms with Gasteiger partial charge in [-0.05, 0) is 30.7 Å². The van der Waals surface area contributed by atoms with Gasteiger partial charge in [0.15, 0.2) is 27.3 Å². The number of guanidine groups is 1. The molecule has 1 heterocycles. The molecule has 1 unspecified atom stereocenters. The number of rotatable bonds is 6. The van der Waals surface area contributed by atoms with Crippen molar-refractivity contribution >= 4 is 45.5 Å². The van der Waals surface area contributed by atoms with E-state index in [-0.39, 0.29) is 35.8 Å². The minimum atomic E-state index is -3.40. The Hall–Kier alpha value is -2.01. The van der Waals surface area contributed by atoms with Crippen molar-refractivity contribution in [2.75, 3.05) is 31.3 Å². The number of sulfone groups is 1. The number of anilines is 1. The second-order valence-corrected chi connectivity index (χ2v) is 8.79. The number of aliphatic imine (C=N–C) groups is 1. The second-order valence-electron chi connectivity index (χ2n) is 6.75. The predicted molar refractivity (Wildman–Crippen MR) is 130 cm³/mol. The molecule has 0 bridgehead atoms. The molecule has 2 aromatic rings. The van der Waals surface area contributed by atoms with Crippen molar-refractivity contribution in [1.82, 2.24) is 5.32 Å². The van der Waals surface area contributed by atoms with Crippen molar-refractivity contribution in [1.29, 1.82) is 0 Å². The van der Waals surface area contributed by atoms with Gasteiger partial charge in [0.05, 0.1) is 23.9 Å². The van der Waals surface area contributed by atoms with Gasteiger partial charge in [-0.15, -0.1) is 24.0 Å². The average Bonchev–Trinajstić information content (AvgIpc) is 2.98. The molecule has 0 spiro atoms. The second kappa shape index (κ2) is 11.4. The first-order valence-corrected chi connectivity index (χ1v) is 11.3.